The van der Waals surface area contributed by atoms with Crippen LogP contribution >= 0.6 is 12.4 Å². The first-order chi connectivity index (χ1) is 11.7. The smallest absolute Gasteiger partial charge is 0.241 e. The molecule has 3 aliphatic heterocycles. The highest BCUT2D eigenvalue weighted by Gasteiger charge is 2.44. The van der Waals surface area contributed by atoms with E-state index in [1.807, 2.05) is 23.1 Å². The van der Waals surface area contributed by atoms with Crippen molar-refractivity contribution in [3.8, 4) is 0 Å². The van der Waals surface area contributed by atoms with Gasteiger partial charge in [0.2, 0.25) is 5.91 Å². The Balaban J connectivity index is 0.00000182. The van der Waals surface area contributed by atoms with Gasteiger partial charge in [0.1, 0.15) is 12.1 Å². The largest absolute Gasteiger partial charge is 0.370 e. The minimum absolute atomic E-state index is 0. The summed E-state index contributed by atoms with van der Waals surface area (Å²) in [5.41, 5.74) is 7.70. The van der Waals surface area contributed by atoms with Crippen LogP contribution in [0.4, 0.5) is 0 Å². The number of fused-ring (bicyclic) bond motifs is 1. The number of nitrogens with zero attached hydrogens (tertiary/aromatic N) is 1. The number of amides is 1. The molecule has 0 aromatic heterocycles. The molecule has 3 N–H and O–H groups in total. The minimum Gasteiger partial charge on any atom is -0.370 e. The highest BCUT2D eigenvalue weighted by Crippen LogP contribution is 2.28. The fraction of sp³-hybridized carbons (Fsp3) is 0.611. The molecule has 0 aliphatic carbocycles. The highest BCUT2D eigenvalue weighted by atomic mass is 35.5. The van der Waals surface area contributed by atoms with Gasteiger partial charge in [0, 0.05) is 18.5 Å². The average molecular weight is 367 g/mol. The van der Waals surface area contributed by atoms with E-state index in [1.54, 1.807) is 0 Å². The van der Waals surface area contributed by atoms with Crippen LogP contribution < -0.4 is 16.2 Å². The van der Waals surface area contributed by atoms with Crippen molar-refractivity contribution in [2.45, 2.75) is 37.6 Å². The summed E-state index contributed by atoms with van der Waals surface area (Å²) in [5, 5.41) is 3.41. The van der Waals surface area contributed by atoms with Gasteiger partial charge < -0.3 is 15.0 Å². The lowest BCUT2D eigenvalue weighted by molar-refractivity contribution is -0.147. The molecule has 0 saturated carbocycles. The summed E-state index contributed by atoms with van der Waals surface area (Å²) in [7, 11) is 0. The third kappa shape index (κ3) is 3.68. The fourth-order valence-electron chi connectivity index (χ4n) is 4.07. The van der Waals surface area contributed by atoms with Crippen LogP contribution in [0.1, 0.15) is 25.0 Å². The fourth-order valence-corrected chi connectivity index (χ4v) is 4.07. The number of halogens is 1. The van der Waals surface area contributed by atoms with E-state index in [9.17, 15) is 4.79 Å². The van der Waals surface area contributed by atoms with Gasteiger partial charge in [-0.3, -0.25) is 10.2 Å². The molecule has 0 radical (unpaired) electrons. The lowest BCUT2D eigenvalue weighted by atomic mass is 9.88. The Morgan fingerprint density at radius 3 is 2.84 bits per heavy atom. The molecule has 25 heavy (non-hydrogen) atoms. The van der Waals surface area contributed by atoms with Crippen LogP contribution in [0, 0.1) is 5.92 Å². The predicted molar refractivity (Wildman–Crippen MR) is 98.4 cm³/mol. The van der Waals surface area contributed by atoms with Crippen LogP contribution in [0.5, 0.6) is 0 Å². The first-order valence-electron chi connectivity index (χ1n) is 8.93. The van der Waals surface area contributed by atoms with E-state index in [-0.39, 0.29) is 36.5 Å². The van der Waals surface area contributed by atoms with E-state index in [1.165, 1.54) is 0 Å². The molecule has 7 heteroatoms. The lowest BCUT2D eigenvalue weighted by Crippen LogP contribution is -2.56. The molecule has 0 spiro atoms. The summed E-state index contributed by atoms with van der Waals surface area (Å²) >= 11 is 0. The summed E-state index contributed by atoms with van der Waals surface area (Å²) in [4.78, 5) is 15.2. The van der Waals surface area contributed by atoms with E-state index >= 15 is 0 Å². The Hall–Kier alpha value is -1.18. The summed E-state index contributed by atoms with van der Waals surface area (Å²) in [6.07, 6.45) is 1.02. The number of benzene rings is 1. The quantitative estimate of drug-likeness (QED) is 0.724. The maximum atomic E-state index is 13.2. The number of ether oxygens (including phenoxy) is 1. The second-order valence-electron chi connectivity index (χ2n) is 7.10. The monoisotopic (exact) mass is 366 g/mol. The van der Waals surface area contributed by atoms with Gasteiger partial charge >= 0.3 is 0 Å². The number of carbonyl (C=O) groups is 1. The molecule has 138 valence electrons. The van der Waals surface area contributed by atoms with Crippen LogP contribution in [0.3, 0.4) is 0 Å². The average Bonchev–Trinajstić information content (AvgIpc) is 3.06. The maximum Gasteiger partial charge on any atom is 0.241 e. The number of carbonyl (C=O) groups excluding carboxylic acids is 1. The second kappa shape index (κ2) is 8.01. The Kier molecular flexibility index (Phi) is 5.96. The Morgan fingerprint density at radius 1 is 1.24 bits per heavy atom. The normalized spacial score (nSPS) is 34.9. The van der Waals surface area contributed by atoms with Gasteiger partial charge in [-0.15, -0.1) is 12.4 Å². The molecule has 6 nitrogen and oxygen atoms in total. The molecular weight excluding hydrogens is 340 g/mol. The molecule has 1 aromatic carbocycles. The summed E-state index contributed by atoms with van der Waals surface area (Å²) in [6.45, 7) is 5.17. The van der Waals surface area contributed by atoms with Crippen LogP contribution in [0.15, 0.2) is 30.3 Å². The Morgan fingerprint density at radius 2 is 2.04 bits per heavy atom. The Labute approximate surface area is 155 Å². The van der Waals surface area contributed by atoms with Crippen LogP contribution in [-0.4, -0.2) is 55.2 Å². The number of hydrazine groups is 1. The third-order valence-corrected chi connectivity index (χ3v) is 5.54. The van der Waals surface area contributed by atoms with Gasteiger partial charge in [-0.1, -0.05) is 30.3 Å². The lowest BCUT2D eigenvalue weighted by Gasteiger charge is -2.40. The van der Waals surface area contributed by atoms with Gasteiger partial charge in [-0.2, -0.15) is 0 Å². The number of nitrogens with one attached hydrogen (secondary N) is 3. The van der Waals surface area contributed by atoms with Crippen LogP contribution in [0.2, 0.25) is 0 Å². The van der Waals surface area contributed by atoms with Crippen molar-refractivity contribution >= 4 is 18.3 Å². The van der Waals surface area contributed by atoms with E-state index in [0.717, 1.165) is 25.1 Å². The van der Waals surface area contributed by atoms with Crippen LogP contribution in [-0.2, 0) is 9.53 Å². The number of hydrogen-bond donors (Lipinski definition) is 3. The van der Waals surface area contributed by atoms with Crippen molar-refractivity contribution in [3.63, 3.8) is 0 Å². The van der Waals surface area contributed by atoms with Crippen molar-refractivity contribution in [3.05, 3.63) is 35.9 Å². The van der Waals surface area contributed by atoms with E-state index in [2.05, 4.69) is 35.2 Å². The minimum atomic E-state index is -0.153. The first-order valence-corrected chi connectivity index (χ1v) is 8.93. The van der Waals surface area contributed by atoms with Crippen molar-refractivity contribution in [1.29, 1.82) is 0 Å². The molecule has 3 fully saturated rings. The molecule has 3 saturated heterocycles. The molecule has 1 amide bonds. The molecule has 3 aliphatic rings. The molecule has 4 rings (SSSR count). The van der Waals surface area contributed by atoms with Gasteiger partial charge in [0.05, 0.1) is 19.2 Å². The number of hydrogen-bond acceptors (Lipinski definition) is 5. The topological polar surface area (TPSA) is 65.6 Å². The number of morpholine rings is 1. The standard InChI is InChI=1S/C18H26N4O2.ClH/c1-12-11-24-16(13-5-3-2-4-6-13)10-22(12)18(23)17-14-9-19-8-7-15(14)20-21-17;/h2-6,12,14-17,19-21H,7-11H2,1H3;1H. The second-order valence-corrected chi connectivity index (χ2v) is 7.10. The summed E-state index contributed by atoms with van der Waals surface area (Å²) in [6, 6.07) is 10.5. The first kappa shape index (κ1) is 18.6. The molecular formula is C18H27ClN4O2. The van der Waals surface area contributed by atoms with E-state index in [4.69, 9.17) is 4.74 Å². The highest BCUT2D eigenvalue weighted by molar-refractivity contribution is 5.85. The SMILES string of the molecule is CC1COC(c2ccccc2)CN1C(=O)C1NNC2CCNCC21.Cl. The van der Waals surface area contributed by atoms with Crippen molar-refractivity contribution < 1.29 is 9.53 Å². The maximum absolute atomic E-state index is 13.2. The van der Waals surface area contributed by atoms with Crippen molar-refractivity contribution in [2.24, 2.45) is 5.92 Å². The molecule has 0 bridgehead atoms. The van der Waals surface area contributed by atoms with E-state index < -0.39 is 0 Å². The van der Waals surface area contributed by atoms with Gasteiger partial charge in [0.25, 0.3) is 0 Å². The third-order valence-electron chi connectivity index (χ3n) is 5.54. The van der Waals surface area contributed by atoms with Gasteiger partial charge in [0.15, 0.2) is 0 Å². The molecule has 3 heterocycles. The molecule has 5 atom stereocenters. The zero-order valence-electron chi connectivity index (χ0n) is 14.5. The predicted octanol–water partition coefficient (Wildman–Crippen LogP) is 0.851. The summed E-state index contributed by atoms with van der Waals surface area (Å²) < 4.78 is 5.98. The summed E-state index contributed by atoms with van der Waals surface area (Å²) in [5.74, 6) is 0.506. The van der Waals surface area contributed by atoms with Crippen LogP contribution in [0.25, 0.3) is 0 Å². The number of piperidine rings is 1. The zero-order chi connectivity index (χ0) is 16.5. The van der Waals surface area contributed by atoms with E-state index in [0.29, 0.717) is 25.1 Å². The van der Waals surface area contributed by atoms with Gasteiger partial charge in [-0.25, -0.2) is 5.43 Å². The van der Waals surface area contributed by atoms with Crippen molar-refractivity contribution in [1.82, 2.24) is 21.1 Å². The molecule has 1 aromatic rings. The Bertz CT molecular complexity index is 588. The zero-order valence-corrected chi connectivity index (χ0v) is 15.3. The van der Waals surface area contributed by atoms with Crippen molar-refractivity contribution in [2.75, 3.05) is 26.2 Å². The molecule has 5 unspecified atom stereocenters. The number of rotatable bonds is 2. The van der Waals surface area contributed by atoms with Gasteiger partial charge in [-0.05, 0) is 25.5 Å².